The summed E-state index contributed by atoms with van der Waals surface area (Å²) in [5, 5.41) is 9.99. The molecule has 5 nitrogen and oxygen atoms in total. The zero-order valence-electron chi connectivity index (χ0n) is 10.4. The molecule has 1 saturated heterocycles. The molecule has 2 heterocycles. The molecule has 1 unspecified atom stereocenters. The molecular weight excluding hydrogens is 250 g/mol. The molecule has 0 saturated carbocycles. The van der Waals surface area contributed by atoms with Crippen LogP contribution in [0, 0.1) is 11.3 Å². The molecule has 0 aliphatic carbocycles. The van der Waals surface area contributed by atoms with E-state index >= 15 is 0 Å². The van der Waals surface area contributed by atoms with Crippen molar-refractivity contribution in [3.63, 3.8) is 0 Å². The smallest absolute Gasteiger partial charge is 0.171 e. The molecule has 0 aromatic carbocycles. The van der Waals surface area contributed by atoms with E-state index in [9.17, 15) is 10.1 Å². The van der Waals surface area contributed by atoms with Crippen molar-refractivity contribution in [2.24, 2.45) is 0 Å². The van der Waals surface area contributed by atoms with Gasteiger partial charge >= 0.3 is 0 Å². The van der Waals surface area contributed by atoms with Crippen LogP contribution in [0.1, 0.15) is 29.1 Å². The average molecular weight is 265 g/mol. The molecule has 6 heteroatoms. The van der Waals surface area contributed by atoms with Gasteiger partial charge < -0.3 is 15.4 Å². The number of nitrogens with zero attached hydrogens (tertiary/aromatic N) is 2. The Bertz CT molecular complexity index is 518. The van der Waals surface area contributed by atoms with E-state index < -0.39 is 0 Å². The standard InChI is InChI=1S/C12H15N3O2S/c1-7-6-15(3-4-17-7)12-9(5-13)10(14)11(18-12)8(2)16/h7H,3-4,6,14H2,1-2H3. The molecule has 0 bridgehead atoms. The first-order chi connectivity index (χ1) is 8.54. The summed E-state index contributed by atoms with van der Waals surface area (Å²) in [6.07, 6.45) is 0.120. The van der Waals surface area contributed by atoms with Gasteiger partial charge in [0.15, 0.2) is 5.78 Å². The lowest BCUT2D eigenvalue weighted by molar-refractivity contribution is 0.0534. The predicted octanol–water partition coefficient (Wildman–Crippen LogP) is 1.63. The third kappa shape index (κ3) is 2.19. The number of ketones is 1. The molecule has 1 atom stereocenters. The Morgan fingerprint density at radius 3 is 2.94 bits per heavy atom. The summed E-state index contributed by atoms with van der Waals surface area (Å²) in [5.41, 5.74) is 6.59. The minimum absolute atomic E-state index is 0.0958. The Kier molecular flexibility index (Phi) is 3.55. The second-order valence-electron chi connectivity index (χ2n) is 4.32. The van der Waals surface area contributed by atoms with Crippen LogP contribution in [-0.2, 0) is 4.74 Å². The number of ether oxygens (including phenoxy) is 1. The third-order valence-electron chi connectivity index (χ3n) is 2.89. The number of morpholine rings is 1. The fourth-order valence-electron chi connectivity index (χ4n) is 2.03. The van der Waals surface area contributed by atoms with E-state index in [4.69, 9.17) is 10.5 Å². The van der Waals surface area contributed by atoms with Crippen LogP contribution in [0.3, 0.4) is 0 Å². The summed E-state index contributed by atoms with van der Waals surface area (Å²) in [6, 6.07) is 2.10. The van der Waals surface area contributed by atoms with Crippen LogP contribution in [0.25, 0.3) is 0 Å². The normalized spacial score (nSPS) is 19.6. The number of nitrogens with two attached hydrogens (primary N) is 1. The molecule has 2 N–H and O–H groups in total. The van der Waals surface area contributed by atoms with Crippen molar-refractivity contribution < 1.29 is 9.53 Å². The topological polar surface area (TPSA) is 79.3 Å². The van der Waals surface area contributed by atoms with Gasteiger partial charge in [0, 0.05) is 20.0 Å². The number of hydrogen-bond donors (Lipinski definition) is 1. The summed E-state index contributed by atoms with van der Waals surface area (Å²) in [4.78, 5) is 14.0. The van der Waals surface area contributed by atoms with Crippen LogP contribution in [-0.4, -0.2) is 31.6 Å². The minimum atomic E-state index is -0.0958. The number of hydrogen-bond acceptors (Lipinski definition) is 6. The Balaban J connectivity index is 2.41. The monoisotopic (exact) mass is 265 g/mol. The fourth-order valence-corrected chi connectivity index (χ4v) is 3.13. The maximum absolute atomic E-state index is 11.5. The second kappa shape index (κ2) is 4.96. The summed E-state index contributed by atoms with van der Waals surface area (Å²) in [6.45, 7) is 5.51. The SMILES string of the molecule is CC(=O)c1sc(N2CCOC(C)C2)c(C#N)c1N. The van der Waals surface area contributed by atoms with E-state index in [1.54, 1.807) is 0 Å². The summed E-state index contributed by atoms with van der Waals surface area (Å²) < 4.78 is 5.47. The lowest BCUT2D eigenvalue weighted by atomic mass is 10.2. The molecule has 1 fully saturated rings. The maximum Gasteiger partial charge on any atom is 0.171 e. The molecule has 1 aromatic heterocycles. The molecule has 0 amide bonds. The predicted molar refractivity (Wildman–Crippen MR) is 71.1 cm³/mol. The van der Waals surface area contributed by atoms with E-state index in [1.807, 2.05) is 6.92 Å². The molecule has 0 spiro atoms. The summed E-state index contributed by atoms with van der Waals surface area (Å²) in [5.74, 6) is -0.0958. The number of thiophene rings is 1. The van der Waals surface area contributed by atoms with Gasteiger partial charge in [-0.05, 0) is 6.92 Å². The molecule has 1 aliphatic heterocycles. The maximum atomic E-state index is 11.5. The fraction of sp³-hybridized carbons (Fsp3) is 0.500. The Hall–Kier alpha value is -1.58. The molecule has 1 aromatic rings. The van der Waals surface area contributed by atoms with Gasteiger partial charge in [0.2, 0.25) is 0 Å². The number of anilines is 2. The first-order valence-corrected chi connectivity index (χ1v) is 6.56. The Labute approximate surface area is 110 Å². The molecule has 0 radical (unpaired) electrons. The zero-order chi connectivity index (χ0) is 13.3. The number of nitriles is 1. The first-order valence-electron chi connectivity index (χ1n) is 5.74. The lowest BCUT2D eigenvalue weighted by Gasteiger charge is -2.32. The van der Waals surface area contributed by atoms with Gasteiger partial charge in [-0.15, -0.1) is 11.3 Å². The number of carbonyl (C=O) groups excluding carboxylic acids is 1. The van der Waals surface area contributed by atoms with Crippen molar-refractivity contribution in [1.29, 1.82) is 5.26 Å². The van der Waals surface area contributed by atoms with Gasteiger partial charge in [-0.3, -0.25) is 4.79 Å². The zero-order valence-corrected chi connectivity index (χ0v) is 11.2. The van der Waals surface area contributed by atoms with Crippen molar-refractivity contribution in [1.82, 2.24) is 0 Å². The quantitative estimate of drug-likeness (QED) is 0.822. The van der Waals surface area contributed by atoms with Crippen molar-refractivity contribution in [2.75, 3.05) is 30.3 Å². The first kappa shape index (κ1) is 12.9. The van der Waals surface area contributed by atoms with Crippen LogP contribution in [0.15, 0.2) is 0 Å². The van der Waals surface area contributed by atoms with E-state index in [0.29, 0.717) is 29.3 Å². The highest BCUT2D eigenvalue weighted by atomic mass is 32.1. The van der Waals surface area contributed by atoms with Crippen LogP contribution in [0.4, 0.5) is 10.7 Å². The summed E-state index contributed by atoms with van der Waals surface area (Å²) >= 11 is 1.30. The van der Waals surface area contributed by atoms with E-state index in [-0.39, 0.29) is 11.9 Å². The van der Waals surface area contributed by atoms with Gasteiger partial charge in [0.1, 0.15) is 16.6 Å². The van der Waals surface area contributed by atoms with Gasteiger partial charge in [-0.1, -0.05) is 0 Å². The van der Waals surface area contributed by atoms with Crippen molar-refractivity contribution in [3.05, 3.63) is 10.4 Å². The van der Waals surface area contributed by atoms with Crippen LogP contribution in [0.2, 0.25) is 0 Å². The highest BCUT2D eigenvalue weighted by molar-refractivity contribution is 7.19. The molecule has 96 valence electrons. The lowest BCUT2D eigenvalue weighted by Crippen LogP contribution is -2.41. The molecular formula is C12H15N3O2S. The van der Waals surface area contributed by atoms with E-state index in [1.165, 1.54) is 18.3 Å². The van der Waals surface area contributed by atoms with Crippen molar-refractivity contribution in [3.8, 4) is 6.07 Å². The third-order valence-corrected chi connectivity index (χ3v) is 4.25. The average Bonchev–Trinajstić information content (AvgIpc) is 2.66. The van der Waals surface area contributed by atoms with E-state index in [0.717, 1.165) is 11.5 Å². The number of Topliss-reactive ketones (excluding diaryl/α,β-unsaturated/α-hetero) is 1. The largest absolute Gasteiger partial charge is 0.396 e. The number of carbonyl (C=O) groups is 1. The summed E-state index contributed by atoms with van der Waals surface area (Å²) in [7, 11) is 0. The Morgan fingerprint density at radius 2 is 2.39 bits per heavy atom. The molecule has 18 heavy (non-hydrogen) atoms. The number of rotatable bonds is 2. The highest BCUT2D eigenvalue weighted by Gasteiger charge is 2.25. The van der Waals surface area contributed by atoms with Gasteiger partial charge in [-0.2, -0.15) is 5.26 Å². The van der Waals surface area contributed by atoms with Gasteiger partial charge in [0.05, 0.1) is 23.3 Å². The highest BCUT2D eigenvalue weighted by Crippen LogP contribution is 2.38. The van der Waals surface area contributed by atoms with Crippen LogP contribution in [0.5, 0.6) is 0 Å². The molecule has 2 rings (SSSR count). The van der Waals surface area contributed by atoms with Crippen LogP contribution < -0.4 is 10.6 Å². The van der Waals surface area contributed by atoms with Crippen LogP contribution >= 0.6 is 11.3 Å². The van der Waals surface area contributed by atoms with Crippen molar-refractivity contribution in [2.45, 2.75) is 20.0 Å². The van der Waals surface area contributed by atoms with E-state index in [2.05, 4.69) is 11.0 Å². The Morgan fingerprint density at radius 1 is 1.67 bits per heavy atom. The van der Waals surface area contributed by atoms with Crippen molar-refractivity contribution >= 4 is 27.8 Å². The second-order valence-corrected chi connectivity index (χ2v) is 5.32. The minimum Gasteiger partial charge on any atom is -0.396 e. The molecule has 1 aliphatic rings. The van der Waals surface area contributed by atoms with Gasteiger partial charge in [0.25, 0.3) is 0 Å². The van der Waals surface area contributed by atoms with Gasteiger partial charge in [-0.25, -0.2) is 0 Å². The number of nitrogen functional groups attached to an aromatic ring is 1.